The highest BCUT2D eigenvalue weighted by Gasteiger charge is 2.17. The first-order valence-electron chi connectivity index (χ1n) is 8.31. The maximum absolute atomic E-state index is 12.1. The lowest BCUT2D eigenvalue weighted by molar-refractivity contribution is 0.0595. The summed E-state index contributed by atoms with van der Waals surface area (Å²) < 4.78 is 10.6. The van der Waals surface area contributed by atoms with E-state index < -0.39 is 12.1 Å². The molecule has 1 atom stereocenters. The Hall–Kier alpha value is -2.08. The van der Waals surface area contributed by atoms with Crippen LogP contribution in [0.2, 0.25) is 0 Å². The summed E-state index contributed by atoms with van der Waals surface area (Å²) in [6, 6.07) is 15.1. The van der Waals surface area contributed by atoms with Crippen LogP contribution < -0.4 is 10.1 Å². The van der Waals surface area contributed by atoms with E-state index in [1.165, 1.54) is 7.11 Å². The Balaban J connectivity index is 0.00000338. The molecule has 0 amide bonds. The number of rotatable bonds is 8. The molecule has 0 spiro atoms. The van der Waals surface area contributed by atoms with E-state index in [9.17, 15) is 9.90 Å². The molecule has 0 aliphatic rings. The van der Waals surface area contributed by atoms with E-state index in [2.05, 4.69) is 5.32 Å². The van der Waals surface area contributed by atoms with Gasteiger partial charge < -0.3 is 19.9 Å². The lowest BCUT2D eigenvalue weighted by Crippen LogP contribution is -2.28. The zero-order valence-electron chi connectivity index (χ0n) is 15.3. The number of carbonyl (C=O) groups is 1. The van der Waals surface area contributed by atoms with Gasteiger partial charge in [0.05, 0.1) is 13.2 Å². The molecule has 1 unspecified atom stereocenters. The average Bonchev–Trinajstić information content (AvgIpc) is 2.64. The van der Waals surface area contributed by atoms with Crippen molar-refractivity contribution in [1.29, 1.82) is 0 Å². The smallest absolute Gasteiger partial charge is 0.341 e. The molecule has 26 heavy (non-hydrogen) atoms. The van der Waals surface area contributed by atoms with Crippen molar-refractivity contribution in [3.63, 3.8) is 0 Å². The summed E-state index contributed by atoms with van der Waals surface area (Å²) in [6.07, 6.45) is -0.714. The Morgan fingerprint density at radius 1 is 1.15 bits per heavy atom. The number of nitrogens with one attached hydrogen (secondary N) is 1. The van der Waals surface area contributed by atoms with Gasteiger partial charge in [-0.1, -0.05) is 50.2 Å². The molecule has 2 N–H and O–H groups in total. The summed E-state index contributed by atoms with van der Waals surface area (Å²) in [6.45, 7) is 4.77. The number of hydrogen-bond donors (Lipinski definition) is 2. The minimum atomic E-state index is -0.714. The fourth-order valence-corrected chi connectivity index (χ4v) is 2.35. The standard InChI is InChI=1S/C20H25NO4.ClH/c1-14(2)21-12-18(22)16-9-10-19(17(11-16)20(23)24-3)25-13-15-7-5-4-6-8-15;/h4-11,14,18,21-22H,12-13H2,1-3H3;1H. The lowest BCUT2D eigenvalue weighted by atomic mass is 10.0. The molecule has 2 aromatic rings. The van der Waals surface area contributed by atoms with E-state index in [1.54, 1.807) is 18.2 Å². The third kappa shape index (κ3) is 6.33. The van der Waals surface area contributed by atoms with Crippen molar-refractivity contribution in [2.45, 2.75) is 32.6 Å². The van der Waals surface area contributed by atoms with E-state index in [0.29, 0.717) is 30.0 Å². The second kappa shape index (κ2) is 10.8. The van der Waals surface area contributed by atoms with Crippen molar-refractivity contribution in [1.82, 2.24) is 5.32 Å². The van der Waals surface area contributed by atoms with Gasteiger partial charge in [-0.05, 0) is 23.3 Å². The summed E-state index contributed by atoms with van der Waals surface area (Å²) in [5, 5.41) is 13.5. The molecule has 2 rings (SSSR count). The van der Waals surface area contributed by atoms with E-state index in [0.717, 1.165) is 5.56 Å². The molecule has 0 aliphatic carbocycles. The van der Waals surface area contributed by atoms with Crippen LogP contribution in [0.4, 0.5) is 0 Å². The van der Waals surface area contributed by atoms with Gasteiger partial charge in [0.25, 0.3) is 0 Å². The number of hydrogen-bond acceptors (Lipinski definition) is 5. The molecule has 0 radical (unpaired) electrons. The summed E-state index contributed by atoms with van der Waals surface area (Å²) in [7, 11) is 1.33. The second-order valence-electron chi connectivity index (χ2n) is 6.10. The van der Waals surface area contributed by atoms with Crippen LogP contribution in [0.1, 0.15) is 41.4 Å². The SMILES string of the molecule is COC(=O)c1cc(C(O)CNC(C)C)ccc1OCc1ccccc1.Cl. The molecule has 142 valence electrons. The quantitative estimate of drug-likeness (QED) is 0.687. The molecule has 0 fully saturated rings. The van der Waals surface area contributed by atoms with Gasteiger partial charge in [-0.25, -0.2) is 4.79 Å². The third-order valence-electron chi connectivity index (χ3n) is 3.75. The Morgan fingerprint density at radius 3 is 2.46 bits per heavy atom. The van der Waals surface area contributed by atoms with Crippen LogP contribution in [0.25, 0.3) is 0 Å². The van der Waals surface area contributed by atoms with E-state index >= 15 is 0 Å². The Bertz CT molecular complexity index is 691. The third-order valence-corrected chi connectivity index (χ3v) is 3.75. The van der Waals surface area contributed by atoms with Crippen molar-refractivity contribution in [2.75, 3.05) is 13.7 Å². The first-order chi connectivity index (χ1) is 12.0. The largest absolute Gasteiger partial charge is 0.488 e. The van der Waals surface area contributed by atoms with E-state index in [1.807, 2.05) is 44.2 Å². The first-order valence-corrected chi connectivity index (χ1v) is 8.31. The summed E-state index contributed by atoms with van der Waals surface area (Å²) in [5.74, 6) is -0.0580. The first kappa shape index (κ1) is 22.0. The number of ether oxygens (including phenoxy) is 2. The van der Waals surface area contributed by atoms with E-state index in [-0.39, 0.29) is 18.4 Å². The van der Waals surface area contributed by atoms with Crippen LogP contribution in [-0.2, 0) is 11.3 Å². The number of aliphatic hydroxyl groups excluding tert-OH is 1. The fraction of sp³-hybridized carbons (Fsp3) is 0.350. The molecule has 0 heterocycles. The zero-order valence-corrected chi connectivity index (χ0v) is 16.1. The van der Waals surface area contributed by atoms with Crippen LogP contribution in [0, 0.1) is 0 Å². The Kier molecular flexibility index (Phi) is 9.13. The molecule has 0 saturated carbocycles. The van der Waals surface area contributed by atoms with Gasteiger partial charge in [-0.2, -0.15) is 0 Å². The molecule has 0 saturated heterocycles. The van der Waals surface area contributed by atoms with Gasteiger partial charge in [0.1, 0.15) is 17.9 Å². The van der Waals surface area contributed by atoms with Gasteiger partial charge in [0.15, 0.2) is 0 Å². The maximum atomic E-state index is 12.1. The average molecular weight is 380 g/mol. The van der Waals surface area contributed by atoms with Crippen molar-refractivity contribution in [2.24, 2.45) is 0 Å². The van der Waals surface area contributed by atoms with E-state index in [4.69, 9.17) is 9.47 Å². The van der Waals surface area contributed by atoms with Gasteiger partial charge in [0, 0.05) is 12.6 Å². The minimum absolute atomic E-state index is 0. The van der Waals surface area contributed by atoms with Crippen LogP contribution >= 0.6 is 12.4 Å². The van der Waals surface area contributed by atoms with Crippen molar-refractivity contribution < 1.29 is 19.4 Å². The zero-order chi connectivity index (χ0) is 18.2. The fourth-order valence-electron chi connectivity index (χ4n) is 2.35. The number of esters is 1. The van der Waals surface area contributed by atoms with Crippen LogP contribution in [-0.4, -0.2) is 30.8 Å². The summed E-state index contributed by atoms with van der Waals surface area (Å²) in [5.41, 5.74) is 1.95. The minimum Gasteiger partial charge on any atom is -0.488 e. The molecular weight excluding hydrogens is 354 g/mol. The molecule has 0 aliphatic heterocycles. The van der Waals surface area contributed by atoms with Crippen molar-refractivity contribution in [3.8, 4) is 5.75 Å². The molecule has 6 heteroatoms. The number of halogens is 1. The predicted octanol–water partition coefficient (Wildman–Crippen LogP) is 3.51. The molecular formula is C20H26ClNO4. The maximum Gasteiger partial charge on any atom is 0.341 e. The number of methoxy groups -OCH3 is 1. The van der Waals surface area contributed by atoms with Crippen LogP contribution in [0.15, 0.2) is 48.5 Å². The Morgan fingerprint density at radius 2 is 1.85 bits per heavy atom. The van der Waals surface area contributed by atoms with Gasteiger partial charge in [-0.3, -0.25) is 0 Å². The van der Waals surface area contributed by atoms with Crippen molar-refractivity contribution >= 4 is 18.4 Å². The highest BCUT2D eigenvalue weighted by molar-refractivity contribution is 5.92. The van der Waals surface area contributed by atoms with Gasteiger partial charge in [0.2, 0.25) is 0 Å². The normalized spacial score (nSPS) is 11.6. The topological polar surface area (TPSA) is 67.8 Å². The van der Waals surface area contributed by atoms with Crippen molar-refractivity contribution in [3.05, 3.63) is 65.2 Å². The highest BCUT2D eigenvalue weighted by Crippen LogP contribution is 2.25. The molecule has 0 aromatic heterocycles. The van der Waals surface area contributed by atoms with Gasteiger partial charge in [-0.15, -0.1) is 12.4 Å². The number of aliphatic hydroxyl groups is 1. The van der Waals surface area contributed by atoms with Crippen LogP contribution in [0.3, 0.4) is 0 Å². The predicted molar refractivity (Wildman–Crippen MR) is 104 cm³/mol. The highest BCUT2D eigenvalue weighted by atomic mass is 35.5. The van der Waals surface area contributed by atoms with Gasteiger partial charge >= 0.3 is 5.97 Å². The molecule has 5 nitrogen and oxygen atoms in total. The number of benzene rings is 2. The number of carbonyl (C=O) groups excluding carboxylic acids is 1. The summed E-state index contributed by atoms with van der Waals surface area (Å²) >= 11 is 0. The van der Waals surface area contributed by atoms with Crippen LogP contribution in [0.5, 0.6) is 5.75 Å². The molecule has 2 aromatic carbocycles. The summed E-state index contributed by atoms with van der Waals surface area (Å²) in [4.78, 5) is 12.1. The second-order valence-corrected chi connectivity index (χ2v) is 6.10. The Labute approximate surface area is 160 Å². The lowest BCUT2D eigenvalue weighted by Gasteiger charge is -2.17. The molecule has 0 bridgehead atoms. The monoisotopic (exact) mass is 379 g/mol.